The molecule has 0 heterocycles. The maximum atomic E-state index is 2.43. The quantitative estimate of drug-likeness (QED) is 0.136. The average molecular weight is 865 g/mol. The van der Waals surface area contributed by atoms with E-state index in [0.717, 1.165) is 0 Å². The summed E-state index contributed by atoms with van der Waals surface area (Å²) in [6.45, 7) is 4.76. The summed E-state index contributed by atoms with van der Waals surface area (Å²) in [6.07, 6.45) is 0. The number of allylic oxidation sites excluding steroid dienone is 5. The number of rotatable bonds is 9. The van der Waals surface area contributed by atoms with E-state index < -0.39 is 0 Å². The molecule has 0 saturated carbocycles. The molecule has 0 bridgehead atoms. The largest absolute Gasteiger partial charge is 0.0622 e. The second-order valence-corrected chi connectivity index (χ2v) is 17.9. The third-order valence-corrected chi connectivity index (χ3v) is 14.0. The highest BCUT2D eigenvalue weighted by Crippen LogP contribution is 2.64. The zero-order chi connectivity index (χ0) is 45.6. The summed E-state index contributed by atoms with van der Waals surface area (Å²) in [6, 6.07) is 93.5. The van der Waals surface area contributed by atoms with E-state index in [1.807, 2.05) is 0 Å². The lowest BCUT2D eigenvalue weighted by molar-refractivity contribution is 1.34. The van der Waals surface area contributed by atoms with Crippen LogP contribution in [0.4, 0.5) is 0 Å². The van der Waals surface area contributed by atoms with Crippen LogP contribution >= 0.6 is 0 Å². The molecule has 0 radical (unpaired) electrons. The molecule has 0 heteroatoms. The summed E-state index contributed by atoms with van der Waals surface area (Å²) < 4.78 is 0. The Morgan fingerprint density at radius 3 is 0.779 bits per heavy atom. The van der Waals surface area contributed by atoms with E-state index in [4.69, 9.17) is 0 Å². The monoisotopic (exact) mass is 864 g/mol. The van der Waals surface area contributed by atoms with Crippen molar-refractivity contribution in [2.24, 2.45) is 0 Å². The van der Waals surface area contributed by atoms with Gasteiger partial charge in [-0.1, -0.05) is 237 Å². The van der Waals surface area contributed by atoms with Crippen molar-refractivity contribution in [1.82, 2.24) is 0 Å². The molecule has 0 N–H and O–H groups in total. The minimum Gasteiger partial charge on any atom is -0.0622 e. The highest BCUT2D eigenvalue weighted by Gasteiger charge is 2.43. The molecule has 0 aliphatic heterocycles. The van der Waals surface area contributed by atoms with Gasteiger partial charge in [0.1, 0.15) is 0 Å². The molecule has 10 aromatic rings. The molecule has 0 saturated heterocycles. The van der Waals surface area contributed by atoms with Crippen LogP contribution in [0, 0.1) is 13.8 Å². The summed E-state index contributed by atoms with van der Waals surface area (Å²) in [5.41, 5.74) is 29.7. The molecule has 0 unspecified atom stereocenters. The molecule has 12 rings (SSSR count). The van der Waals surface area contributed by atoms with Crippen molar-refractivity contribution in [3.05, 3.63) is 305 Å². The summed E-state index contributed by atoms with van der Waals surface area (Å²) >= 11 is 0. The van der Waals surface area contributed by atoms with Crippen LogP contribution in [0.25, 0.3) is 83.5 Å². The zero-order valence-electron chi connectivity index (χ0n) is 38.2. The molecule has 320 valence electrons. The van der Waals surface area contributed by atoms with E-state index >= 15 is 0 Å². The Hall–Kier alpha value is -8.58. The van der Waals surface area contributed by atoms with Gasteiger partial charge in [0.05, 0.1) is 0 Å². The van der Waals surface area contributed by atoms with E-state index in [9.17, 15) is 0 Å². The van der Waals surface area contributed by atoms with Crippen LogP contribution in [0.1, 0.15) is 44.5 Å². The normalized spacial score (nSPS) is 13.0. The molecule has 68 heavy (non-hydrogen) atoms. The first-order valence-corrected chi connectivity index (χ1v) is 23.7. The molecule has 0 fully saturated rings. The van der Waals surface area contributed by atoms with Crippen LogP contribution < -0.4 is 0 Å². The SMILES string of the molecule is Cc1c2c(c(C)c(-c3ccccc3)c1-c1ccccc1)C(c1cccc(-c3ccccc3)c1)=C1C(c3cccc(-c4ccccc4)c3)=C(c3cccc(-c4ccccc4)c3)C(c3ccccc3)=C12. The van der Waals surface area contributed by atoms with Gasteiger partial charge >= 0.3 is 0 Å². The molecule has 2 aliphatic carbocycles. The standard InChI is InChI=1S/C68H48/c1-45-59(50-30-15-6-16-31-50)60(51-32-17-7-18-33-51)46(2)62-61(45)64(56-39-21-36-53(42-56)47-24-9-3-10-25-47)68-66(58-41-23-38-55(44-58)49-28-13-5-14-29-49)65(63(67(62)68)52-34-19-8-20-35-52)57-40-22-37-54(43-57)48-26-11-4-12-27-48/h3-44H,1-2H3. The number of benzene rings is 10. The molecule has 2 aliphatic rings. The van der Waals surface area contributed by atoms with Crippen LogP contribution in [0.15, 0.2) is 260 Å². The smallest absolute Gasteiger partial charge is 0.000116 e. The van der Waals surface area contributed by atoms with Crippen molar-refractivity contribution in [2.45, 2.75) is 13.8 Å². The van der Waals surface area contributed by atoms with Gasteiger partial charge in [-0.05, 0) is 166 Å². The fourth-order valence-electron chi connectivity index (χ4n) is 11.0. The predicted octanol–water partition coefficient (Wildman–Crippen LogP) is 18.0. The Morgan fingerprint density at radius 2 is 0.412 bits per heavy atom. The van der Waals surface area contributed by atoms with Gasteiger partial charge in [-0.2, -0.15) is 0 Å². The maximum absolute atomic E-state index is 2.43. The fraction of sp³-hybridized carbons (Fsp3) is 0.0294. The van der Waals surface area contributed by atoms with E-state index in [1.165, 1.54) is 134 Å². The Kier molecular flexibility index (Phi) is 10.4. The van der Waals surface area contributed by atoms with Gasteiger partial charge < -0.3 is 0 Å². The third-order valence-electron chi connectivity index (χ3n) is 14.0. The van der Waals surface area contributed by atoms with Gasteiger partial charge in [-0.3, -0.25) is 0 Å². The number of fused-ring (bicyclic) bond motifs is 3. The highest BCUT2D eigenvalue weighted by molar-refractivity contribution is 6.40. The molecule has 0 nitrogen and oxygen atoms in total. The predicted molar refractivity (Wildman–Crippen MR) is 289 cm³/mol. The van der Waals surface area contributed by atoms with E-state index in [-0.39, 0.29) is 0 Å². The van der Waals surface area contributed by atoms with Gasteiger partial charge in [-0.15, -0.1) is 0 Å². The average Bonchev–Trinajstić information content (AvgIpc) is 3.95. The number of hydrogen-bond donors (Lipinski definition) is 0. The Labute approximate surface area is 400 Å². The maximum Gasteiger partial charge on any atom is -0.000116 e. The topological polar surface area (TPSA) is 0 Å². The molecule has 0 aromatic heterocycles. The van der Waals surface area contributed by atoms with E-state index in [1.54, 1.807) is 0 Å². The lowest BCUT2D eigenvalue weighted by Crippen LogP contribution is -2.03. The third kappa shape index (κ3) is 7.01. The zero-order valence-corrected chi connectivity index (χ0v) is 38.2. The molecular formula is C68H48. The second-order valence-electron chi connectivity index (χ2n) is 17.9. The summed E-state index contributed by atoms with van der Waals surface area (Å²) in [7, 11) is 0. The Morgan fingerprint density at radius 1 is 0.162 bits per heavy atom. The second kappa shape index (κ2) is 17.3. The van der Waals surface area contributed by atoms with Crippen molar-refractivity contribution in [1.29, 1.82) is 0 Å². The van der Waals surface area contributed by atoms with Crippen molar-refractivity contribution < 1.29 is 0 Å². The molecule has 10 aromatic carbocycles. The van der Waals surface area contributed by atoms with Crippen molar-refractivity contribution >= 4 is 27.9 Å². The highest BCUT2D eigenvalue weighted by atomic mass is 14.4. The lowest BCUT2D eigenvalue weighted by atomic mass is 9.78. The summed E-state index contributed by atoms with van der Waals surface area (Å²) in [5.74, 6) is 0. The Balaban J connectivity index is 1.28. The summed E-state index contributed by atoms with van der Waals surface area (Å²) in [4.78, 5) is 0. The van der Waals surface area contributed by atoms with Crippen LogP contribution in [-0.4, -0.2) is 0 Å². The molecular weight excluding hydrogens is 817 g/mol. The summed E-state index contributed by atoms with van der Waals surface area (Å²) in [5, 5.41) is 0. The van der Waals surface area contributed by atoms with Gasteiger partial charge in [-0.25, -0.2) is 0 Å². The van der Waals surface area contributed by atoms with E-state index in [2.05, 4.69) is 269 Å². The molecule has 0 spiro atoms. The fourth-order valence-corrected chi connectivity index (χ4v) is 11.0. The van der Waals surface area contributed by atoms with Crippen LogP contribution in [-0.2, 0) is 0 Å². The van der Waals surface area contributed by atoms with Crippen LogP contribution in [0.2, 0.25) is 0 Å². The Bertz CT molecular complexity index is 3610. The van der Waals surface area contributed by atoms with E-state index in [0.29, 0.717) is 0 Å². The number of hydrogen-bond acceptors (Lipinski definition) is 0. The van der Waals surface area contributed by atoms with Crippen molar-refractivity contribution in [3.8, 4) is 55.6 Å². The van der Waals surface area contributed by atoms with Gasteiger partial charge in [0, 0.05) is 0 Å². The minimum atomic E-state index is 1.19. The lowest BCUT2D eigenvalue weighted by Gasteiger charge is -2.24. The first-order chi connectivity index (χ1) is 33.6. The van der Waals surface area contributed by atoms with Crippen molar-refractivity contribution in [2.75, 3.05) is 0 Å². The van der Waals surface area contributed by atoms with Crippen molar-refractivity contribution in [3.63, 3.8) is 0 Å². The van der Waals surface area contributed by atoms with Gasteiger partial charge in [0.2, 0.25) is 0 Å². The minimum absolute atomic E-state index is 1.19. The molecule has 0 atom stereocenters. The van der Waals surface area contributed by atoms with Gasteiger partial charge in [0.15, 0.2) is 0 Å². The van der Waals surface area contributed by atoms with Gasteiger partial charge in [0.25, 0.3) is 0 Å². The molecule has 0 amide bonds. The van der Waals surface area contributed by atoms with Crippen LogP contribution in [0.3, 0.4) is 0 Å². The van der Waals surface area contributed by atoms with Crippen LogP contribution in [0.5, 0.6) is 0 Å². The first-order valence-electron chi connectivity index (χ1n) is 23.7. The first kappa shape index (κ1) is 40.9.